The van der Waals surface area contributed by atoms with Gasteiger partial charge in [0.2, 0.25) is 0 Å². The van der Waals surface area contributed by atoms with Crippen LogP contribution in [0.2, 0.25) is 0 Å². The standard InChI is InChI=1S/C11H21N/c1-9(2)10-6-4-3-5-7-11(10)8-12-11/h9-10,12H,3-8H2,1-2H3/t10?,11-/m1/s1. The molecule has 0 bridgehead atoms. The minimum absolute atomic E-state index is 0.602. The molecule has 70 valence electrons. The summed E-state index contributed by atoms with van der Waals surface area (Å²) in [5, 5.41) is 3.62. The Labute approximate surface area is 75.9 Å². The van der Waals surface area contributed by atoms with Crippen molar-refractivity contribution in [3.8, 4) is 0 Å². The van der Waals surface area contributed by atoms with Gasteiger partial charge in [-0.3, -0.25) is 0 Å². The quantitative estimate of drug-likeness (QED) is 0.596. The van der Waals surface area contributed by atoms with Crippen molar-refractivity contribution in [3.63, 3.8) is 0 Å². The van der Waals surface area contributed by atoms with Gasteiger partial charge in [-0.05, 0) is 24.7 Å². The van der Waals surface area contributed by atoms with E-state index in [1.54, 1.807) is 0 Å². The summed E-state index contributed by atoms with van der Waals surface area (Å²) in [7, 11) is 0. The van der Waals surface area contributed by atoms with E-state index in [9.17, 15) is 0 Å². The smallest absolute Gasteiger partial charge is 0.0337 e. The van der Waals surface area contributed by atoms with E-state index in [1.165, 1.54) is 38.6 Å². The van der Waals surface area contributed by atoms with Crippen molar-refractivity contribution < 1.29 is 0 Å². The molecule has 1 saturated heterocycles. The van der Waals surface area contributed by atoms with E-state index in [2.05, 4.69) is 19.2 Å². The second-order valence-corrected chi connectivity index (χ2v) is 4.96. The molecule has 0 aromatic carbocycles. The molecule has 1 saturated carbocycles. The SMILES string of the molecule is CC(C)C1CCCCC[C@@]12CN2. The number of hydrogen-bond donors (Lipinski definition) is 1. The van der Waals surface area contributed by atoms with Crippen molar-refractivity contribution in [2.45, 2.75) is 51.5 Å². The fourth-order valence-corrected chi connectivity index (χ4v) is 2.97. The van der Waals surface area contributed by atoms with Crippen LogP contribution in [0, 0.1) is 11.8 Å². The fourth-order valence-electron chi connectivity index (χ4n) is 2.97. The van der Waals surface area contributed by atoms with Crippen molar-refractivity contribution in [2.75, 3.05) is 6.54 Å². The highest BCUT2D eigenvalue weighted by Gasteiger charge is 2.49. The summed E-state index contributed by atoms with van der Waals surface area (Å²) in [6.45, 7) is 6.07. The molecule has 2 atom stereocenters. The lowest BCUT2D eigenvalue weighted by atomic mass is 9.79. The average Bonchev–Trinajstić information content (AvgIpc) is 2.80. The zero-order chi connectivity index (χ0) is 8.60. The van der Waals surface area contributed by atoms with E-state index in [0.717, 1.165) is 11.8 Å². The van der Waals surface area contributed by atoms with Gasteiger partial charge in [-0.2, -0.15) is 0 Å². The predicted molar refractivity (Wildman–Crippen MR) is 52.1 cm³/mol. The zero-order valence-electron chi connectivity index (χ0n) is 8.40. The van der Waals surface area contributed by atoms with Crippen LogP contribution in [0.25, 0.3) is 0 Å². The van der Waals surface area contributed by atoms with E-state index in [1.807, 2.05) is 0 Å². The van der Waals surface area contributed by atoms with E-state index in [-0.39, 0.29) is 0 Å². The Morgan fingerprint density at radius 2 is 2.00 bits per heavy atom. The Morgan fingerprint density at radius 3 is 2.58 bits per heavy atom. The van der Waals surface area contributed by atoms with Crippen molar-refractivity contribution in [2.24, 2.45) is 11.8 Å². The minimum atomic E-state index is 0.602. The molecule has 1 heterocycles. The average molecular weight is 167 g/mol. The van der Waals surface area contributed by atoms with Gasteiger partial charge in [0, 0.05) is 12.1 Å². The predicted octanol–water partition coefficient (Wildman–Crippen LogP) is 2.56. The van der Waals surface area contributed by atoms with Crippen LogP contribution in [0.15, 0.2) is 0 Å². The highest BCUT2D eigenvalue weighted by molar-refractivity contribution is 5.09. The fraction of sp³-hybridized carbons (Fsp3) is 1.00. The van der Waals surface area contributed by atoms with E-state index < -0.39 is 0 Å². The van der Waals surface area contributed by atoms with Crippen molar-refractivity contribution >= 4 is 0 Å². The molecule has 12 heavy (non-hydrogen) atoms. The Bertz CT molecular complexity index is 158. The van der Waals surface area contributed by atoms with E-state index in [4.69, 9.17) is 0 Å². The molecule has 2 aliphatic rings. The summed E-state index contributed by atoms with van der Waals surface area (Å²) < 4.78 is 0. The third-order valence-corrected chi connectivity index (χ3v) is 3.78. The Hall–Kier alpha value is -0.0400. The molecule has 1 spiro atoms. The largest absolute Gasteiger partial charge is 0.308 e. The summed E-state index contributed by atoms with van der Waals surface area (Å²) in [5.74, 6) is 1.83. The third-order valence-electron chi connectivity index (χ3n) is 3.78. The molecule has 0 amide bonds. The van der Waals surface area contributed by atoms with Crippen LogP contribution in [0.1, 0.15) is 46.0 Å². The van der Waals surface area contributed by atoms with Crippen LogP contribution in [0.3, 0.4) is 0 Å². The molecule has 0 aromatic heterocycles. The van der Waals surface area contributed by atoms with Crippen molar-refractivity contribution in [1.82, 2.24) is 5.32 Å². The first-order valence-electron chi connectivity index (χ1n) is 5.50. The van der Waals surface area contributed by atoms with Gasteiger partial charge in [-0.1, -0.05) is 33.1 Å². The maximum Gasteiger partial charge on any atom is 0.0337 e. The lowest BCUT2D eigenvalue weighted by molar-refractivity contribution is 0.277. The molecule has 1 unspecified atom stereocenters. The van der Waals surface area contributed by atoms with Crippen LogP contribution >= 0.6 is 0 Å². The zero-order valence-corrected chi connectivity index (χ0v) is 8.40. The highest BCUT2D eigenvalue weighted by Crippen LogP contribution is 2.42. The van der Waals surface area contributed by atoms with Gasteiger partial charge >= 0.3 is 0 Å². The second kappa shape index (κ2) is 3.02. The first kappa shape index (κ1) is 8.55. The molecule has 2 rings (SSSR count). The van der Waals surface area contributed by atoms with Crippen LogP contribution in [-0.4, -0.2) is 12.1 Å². The number of nitrogens with one attached hydrogen (secondary N) is 1. The first-order chi connectivity index (χ1) is 5.75. The van der Waals surface area contributed by atoms with Gasteiger partial charge in [0.05, 0.1) is 0 Å². The molecule has 0 radical (unpaired) electrons. The van der Waals surface area contributed by atoms with Crippen molar-refractivity contribution in [1.29, 1.82) is 0 Å². The summed E-state index contributed by atoms with van der Waals surface area (Å²) in [6.07, 6.45) is 7.29. The molecular weight excluding hydrogens is 146 g/mol. The second-order valence-electron chi connectivity index (χ2n) is 4.96. The van der Waals surface area contributed by atoms with E-state index in [0.29, 0.717) is 5.54 Å². The van der Waals surface area contributed by atoms with Crippen LogP contribution in [-0.2, 0) is 0 Å². The first-order valence-corrected chi connectivity index (χ1v) is 5.50. The summed E-state index contributed by atoms with van der Waals surface area (Å²) in [4.78, 5) is 0. The van der Waals surface area contributed by atoms with Crippen LogP contribution < -0.4 is 5.32 Å². The maximum absolute atomic E-state index is 3.62. The van der Waals surface area contributed by atoms with Gasteiger partial charge in [-0.25, -0.2) is 0 Å². The van der Waals surface area contributed by atoms with Crippen LogP contribution in [0.4, 0.5) is 0 Å². The molecule has 2 fully saturated rings. The summed E-state index contributed by atoms with van der Waals surface area (Å²) in [5.41, 5.74) is 0.602. The summed E-state index contributed by atoms with van der Waals surface area (Å²) in [6, 6.07) is 0. The van der Waals surface area contributed by atoms with Crippen molar-refractivity contribution in [3.05, 3.63) is 0 Å². The Morgan fingerprint density at radius 1 is 1.25 bits per heavy atom. The highest BCUT2D eigenvalue weighted by atomic mass is 15.2. The lowest BCUT2D eigenvalue weighted by Crippen LogP contribution is -2.30. The molecule has 1 aliphatic heterocycles. The Kier molecular flexibility index (Phi) is 2.16. The lowest BCUT2D eigenvalue weighted by Gasteiger charge is -2.26. The van der Waals surface area contributed by atoms with Gasteiger partial charge in [-0.15, -0.1) is 0 Å². The topological polar surface area (TPSA) is 21.9 Å². The summed E-state index contributed by atoms with van der Waals surface area (Å²) >= 11 is 0. The van der Waals surface area contributed by atoms with Gasteiger partial charge in [0.25, 0.3) is 0 Å². The maximum atomic E-state index is 3.62. The van der Waals surface area contributed by atoms with E-state index >= 15 is 0 Å². The molecule has 1 heteroatoms. The minimum Gasteiger partial charge on any atom is -0.308 e. The molecule has 1 N–H and O–H groups in total. The van der Waals surface area contributed by atoms with Gasteiger partial charge < -0.3 is 5.32 Å². The number of rotatable bonds is 1. The normalized spacial score (nSPS) is 41.8. The van der Waals surface area contributed by atoms with Gasteiger partial charge in [0.15, 0.2) is 0 Å². The molecule has 1 aliphatic carbocycles. The number of hydrogen-bond acceptors (Lipinski definition) is 1. The van der Waals surface area contributed by atoms with Gasteiger partial charge in [0.1, 0.15) is 0 Å². The molecule has 1 nitrogen and oxygen atoms in total. The third kappa shape index (κ3) is 1.39. The van der Waals surface area contributed by atoms with Crippen LogP contribution in [0.5, 0.6) is 0 Å². The Balaban J connectivity index is 2.06. The monoisotopic (exact) mass is 167 g/mol. The molecule has 0 aromatic rings. The molecular formula is C11H21N.